The van der Waals surface area contributed by atoms with E-state index in [4.69, 9.17) is 0 Å². The molecule has 1 rings (SSSR count). The second-order valence-electron chi connectivity index (χ2n) is 5.42. The van der Waals surface area contributed by atoms with E-state index >= 15 is 0 Å². The van der Waals surface area contributed by atoms with Crippen molar-refractivity contribution in [1.29, 1.82) is 0 Å². The van der Waals surface area contributed by atoms with E-state index in [9.17, 15) is 13.8 Å². The van der Waals surface area contributed by atoms with Gasteiger partial charge < -0.3 is 10.6 Å². The summed E-state index contributed by atoms with van der Waals surface area (Å²) in [6.45, 7) is 1.65. The van der Waals surface area contributed by atoms with Crippen LogP contribution in [0.1, 0.15) is 18.9 Å². The van der Waals surface area contributed by atoms with Gasteiger partial charge in [-0.1, -0.05) is 30.3 Å². The zero-order valence-electron chi connectivity index (χ0n) is 13.2. The number of hydrogen-bond donors (Lipinski definition) is 2. The monoisotopic (exact) mass is 325 g/mol. The molecule has 0 fully saturated rings. The third-order valence-corrected chi connectivity index (χ3v) is 3.45. The number of nitrogens with zero attached hydrogens (tertiary/aromatic N) is 1. The van der Waals surface area contributed by atoms with Gasteiger partial charge in [-0.25, -0.2) is 9.00 Å². The van der Waals surface area contributed by atoms with Gasteiger partial charge in [0.15, 0.2) is 0 Å². The molecule has 0 aliphatic heterocycles. The SMILES string of the molecule is CC(CCc1ccccc1)NC(=O)NCC(=O)N=S(C)(C)=O. The van der Waals surface area contributed by atoms with Gasteiger partial charge in [0.1, 0.15) is 6.54 Å². The summed E-state index contributed by atoms with van der Waals surface area (Å²) in [4.78, 5) is 23.0. The molecule has 1 unspecified atom stereocenters. The van der Waals surface area contributed by atoms with Crippen LogP contribution in [-0.4, -0.2) is 41.2 Å². The first kappa shape index (κ1) is 18.2. The third-order valence-electron chi connectivity index (χ3n) is 2.81. The maximum atomic E-state index is 11.6. The lowest BCUT2D eigenvalue weighted by atomic mass is 10.1. The molecule has 1 aromatic rings. The fraction of sp³-hybridized carbons (Fsp3) is 0.467. The fourth-order valence-electron chi connectivity index (χ4n) is 1.81. The minimum Gasteiger partial charge on any atom is -0.336 e. The predicted octanol–water partition coefficient (Wildman–Crippen LogP) is 1.56. The highest BCUT2D eigenvalue weighted by molar-refractivity contribution is 7.92. The second-order valence-corrected chi connectivity index (χ2v) is 7.96. The van der Waals surface area contributed by atoms with E-state index in [0.717, 1.165) is 12.8 Å². The zero-order valence-corrected chi connectivity index (χ0v) is 14.0. The molecule has 1 aromatic carbocycles. The van der Waals surface area contributed by atoms with E-state index in [2.05, 4.69) is 15.0 Å². The molecule has 0 aliphatic carbocycles. The van der Waals surface area contributed by atoms with Crippen LogP contribution in [-0.2, 0) is 20.9 Å². The van der Waals surface area contributed by atoms with Crippen LogP contribution < -0.4 is 10.6 Å². The van der Waals surface area contributed by atoms with E-state index in [1.807, 2.05) is 37.3 Å². The molecule has 1 atom stereocenters. The van der Waals surface area contributed by atoms with Crippen molar-refractivity contribution in [2.24, 2.45) is 4.36 Å². The van der Waals surface area contributed by atoms with Gasteiger partial charge in [-0.3, -0.25) is 4.79 Å². The van der Waals surface area contributed by atoms with Gasteiger partial charge in [-0.15, -0.1) is 0 Å². The Morgan fingerprint density at radius 3 is 2.45 bits per heavy atom. The molecule has 0 saturated heterocycles. The lowest BCUT2D eigenvalue weighted by Gasteiger charge is -2.14. The Hall–Kier alpha value is -1.89. The summed E-state index contributed by atoms with van der Waals surface area (Å²) in [7, 11) is -2.48. The Morgan fingerprint density at radius 1 is 1.23 bits per heavy atom. The van der Waals surface area contributed by atoms with Crippen molar-refractivity contribution >= 4 is 21.7 Å². The van der Waals surface area contributed by atoms with Crippen molar-refractivity contribution < 1.29 is 13.8 Å². The summed E-state index contributed by atoms with van der Waals surface area (Å²) in [6, 6.07) is 9.56. The van der Waals surface area contributed by atoms with Crippen molar-refractivity contribution in [3.63, 3.8) is 0 Å². The summed E-state index contributed by atoms with van der Waals surface area (Å²) < 4.78 is 14.8. The van der Waals surface area contributed by atoms with Crippen LogP contribution >= 0.6 is 0 Å². The molecular weight excluding hydrogens is 302 g/mol. The molecule has 6 nitrogen and oxygen atoms in total. The molecule has 2 N–H and O–H groups in total. The molecule has 7 heteroatoms. The first-order valence-corrected chi connectivity index (χ1v) is 9.37. The van der Waals surface area contributed by atoms with Crippen molar-refractivity contribution in [3.05, 3.63) is 35.9 Å². The number of urea groups is 1. The van der Waals surface area contributed by atoms with Crippen molar-refractivity contribution in [2.75, 3.05) is 19.1 Å². The highest BCUT2D eigenvalue weighted by atomic mass is 32.2. The normalized spacial score (nSPS) is 12.3. The lowest BCUT2D eigenvalue weighted by Crippen LogP contribution is -2.42. The van der Waals surface area contributed by atoms with Crippen molar-refractivity contribution in [1.82, 2.24) is 10.6 Å². The maximum absolute atomic E-state index is 11.6. The minimum absolute atomic E-state index is 0.0196. The summed E-state index contributed by atoms with van der Waals surface area (Å²) in [5.74, 6) is -0.595. The summed E-state index contributed by atoms with van der Waals surface area (Å²) in [5.41, 5.74) is 1.21. The van der Waals surface area contributed by atoms with Crippen LogP contribution in [0.4, 0.5) is 4.79 Å². The summed E-state index contributed by atoms with van der Waals surface area (Å²) in [5, 5.41) is 5.17. The van der Waals surface area contributed by atoms with E-state index < -0.39 is 21.7 Å². The highest BCUT2D eigenvalue weighted by Gasteiger charge is 2.09. The Kier molecular flexibility index (Phi) is 7.04. The average molecular weight is 325 g/mol. The molecule has 0 spiro atoms. The van der Waals surface area contributed by atoms with Gasteiger partial charge >= 0.3 is 6.03 Å². The number of hydrogen-bond acceptors (Lipinski definition) is 3. The molecule has 122 valence electrons. The average Bonchev–Trinajstić information content (AvgIpc) is 2.42. The number of aryl methyl sites for hydroxylation is 1. The second kappa shape index (κ2) is 8.53. The topological polar surface area (TPSA) is 87.6 Å². The van der Waals surface area contributed by atoms with E-state index in [0.29, 0.717) is 0 Å². The number of nitrogens with one attached hydrogen (secondary N) is 2. The summed E-state index contributed by atoms with van der Waals surface area (Å²) in [6.07, 6.45) is 4.41. The molecule has 0 saturated carbocycles. The molecule has 0 bridgehead atoms. The highest BCUT2D eigenvalue weighted by Crippen LogP contribution is 2.04. The van der Waals surface area contributed by atoms with Crippen LogP contribution in [0.25, 0.3) is 0 Å². The Bertz CT molecular complexity index is 614. The van der Waals surface area contributed by atoms with E-state index in [1.165, 1.54) is 18.1 Å². The Labute approximate surface area is 131 Å². The van der Waals surface area contributed by atoms with E-state index in [-0.39, 0.29) is 12.6 Å². The first-order chi connectivity index (χ1) is 10.3. The van der Waals surface area contributed by atoms with Crippen LogP contribution in [0, 0.1) is 0 Å². The van der Waals surface area contributed by atoms with Crippen LogP contribution in [0.5, 0.6) is 0 Å². The molecule has 3 amide bonds. The molecule has 22 heavy (non-hydrogen) atoms. The van der Waals surface area contributed by atoms with Gasteiger partial charge in [0.2, 0.25) is 0 Å². The number of rotatable bonds is 6. The molecule has 0 aromatic heterocycles. The Balaban J connectivity index is 2.30. The smallest absolute Gasteiger partial charge is 0.315 e. The molecule has 0 radical (unpaired) electrons. The van der Waals surface area contributed by atoms with Crippen LogP contribution in [0.2, 0.25) is 0 Å². The third kappa shape index (κ3) is 8.41. The molecular formula is C15H23N3O3S. The summed E-state index contributed by atoms with van der Waals surface area (Å²) >= 11 is 0. The van der Waals surface area contributed by atoms with Gasteiger partial charge in [0.05, 0.1) is 0 Å². The largest absolute Gasteiger partial charge is 0.336 e. The number of carbonyl (C=O) groups is 2. The zero-order chi connectivity index (χ0) is 16.6. The maximum Gasteiger partial charge on any atom is 0.315 e. The van der Waals surface area contributed by atoms with Gasteiger partial charge in [-0.2, -0.15) is 4.36 Å². The van der Waals surface area contributed by atoms with Crippen molar-refractivity contribution in [3.8, 4) is 0 Å². The van der Waals surface area contributed by atoms with E-state index in [1.54, 1.807) is 0 Å². The standard InChI is InChI=1S/C15H23N3O3S/c1-12(9-10-13-7-5-4-6-8-13)17-15(20)16-11-14(19)18-22(2,3)21/h4-8,12H,9-11H2,1-3H3,(H2,16,17,20). The van der Waals surface area contributed by atoms with Gasteiger partial charge in [-0.05, 0) is 25.3 Å². The quantitative estimate of drug-likeness (QED) is 0.832. The molecule has 0 heterocycles. The predicted molar refractivity (Wildman–Crippen MR) is 88.2 cm³/mol. The molecule has 0 aliphatic rings. The van der Waals surface area contributed by atoms with Crippen LogP contribution in [0.3, 0.4) is 0 Å². The fourth-order valence-corrected chi connectivity index (χ4v) is 2.36. The lowest BCUT2D eigenvalue weighted by molar-refractivity contribution is -0.116. The van der Waals surface area contributed by atoms with Crippen LogP contribution in [0.15, 0.2) is 34.7 Å². The van der Waals surface area contributed by atoms with Gasteiger partial charge in [0.25, 0.3) is 5.91 Å². The number of carbonyl (C=O) groups excluding carboxylic acids is 2. The number of amides is 3. The van der Waals surface area contributed by atoms with Crippen molar-refractivity contribution in [2.45, 2.75) is 25.8 Å². The first-order valence-electron chi connectivity index (χ1n) is 7.04. The Morgan fingerprint density at radius 2 is 1.86 bits per heavy atom. The van der Waals surface area contributed by atoms with Gasteiger partial charge in [0, 0.05) is 28.3 Å². The number of benzene rings is 1. The minimum atomic E-state index is -2.48.